The fourth-order valence-electron chi connectivity index (χ4n) is 9.38. The van der Waals surface area contributed by atoms with Crippen molar-refractivity contribution in [3.05, 3.63) is 198 Å². The van der Waals surface area contributed by atoms with Gasteiger partial charge in [0, 0.05) is 27.6 Å². The molecule has 0 fully saturated rings. The highest BCUT2D eigenvalue weighted by molar-refractivity contribution is 6.09. The Morgan fingerprint density at radius 1 is 0.340 bits per heavy atom. The Kier molecular flexibility index (Phi) is 6.94. The Labute approximate surface area is 312 Å². The highest BCUT2D eigenvalue weighted by Gasteiger charge is 2.38. The first-order valence-corrected chi connectivity index (χ1v) is 18.8. The van der Waals surface area contributed by atoms with Crippen LogP contribution in [-0.4, -0.2) is 0 Å². The maximum absolute atomic E-state index is 2.47. The third-order valence-corrected chi connectivity index (χ3v) is 12.1. The van der Waals surface area contributed by atoms with E-state index in [1.807, 2.05) is 0 Å². The van der Waals surface area contributed by atoms with E-state index < -0.39 is 0 Å². The van der Waals surface area contributed by atoms with Crippen LogP contribution in [0.1, 0.15) is 49.9 Å². The van der Waals surface area contributed by atoms with Crippen LogP contribution in [0.25, 0.3) is 55.3 Å². The summed E-state index contributed by atoms with van der Waals surface area (Å²) in [6, 6.07) is 65.2. The van der Waals surface area contributed by atoms with E-state index in [2.05, 4.69) is 209 Å². The van der Waals surface area contributed by atoms with Crippen molar-refractivity contribution in [3.8, 4) is 44.5 Å². The van der Waals surface area contributed by atoms with Gasteiger partial charge >= 0.3 is 0 Å². The molecule has 2 aliphatic carbocycles. The van der Waals surface area contributed by atoms with Crippen molar-refractivity contribution in [3.63, 3.8) is 0 Å². The number of benzene rings is 8. The Bertz CT molecular complexity index is 2710. The van der Waals surface area contributed by atoms with Gasteiger partial charge in [0.1, 0.15) is 0 Å². The van der Waals surface area contributed by atoms with E-state index in [0.29, 0.717) is 0 Å². The molecular formula is C52H41N. The molecule has 8 aromatic rings. The molecule has 0 unspecified atom stereocenters. The summed E-state index contributed by atoms with van der Waals surface area (Å²) in [6.45, 7) is 9.45. The predicted molar refractivity (Wildman–Crippen MR) is 225 cm³/mol. The molecule has 254 valence electrons. The zero-order chi connectivity index (χ0) is 35.9. The highest BCUT2D eigenvalue weighted by atomic mass is 15.1. The van der Waals surface area contributed by atoms with Crippen molar-refractivity contribution in [2.24, 2.45) is 0 Å². The van der Waals surface area contributed by atoms with Gasteiger partial charge in [-0.1, -0.05) is 173 Å². The van der Waals surface area contributed by atoms with Gasteiger partial charge in [-0.25, -0.2) is 0 Å². The summed E-state index contributed by atoms with van der Waals surface area (Å²) in [5.74, 6) is 0. The van der Waals surface area contributed by atoms with Crippen LogP contribution in [0.15, 0.2) is 176 Å². The number of hydrogen-bond acceptors (Lipinski definition) is 1. The lowest BCUT2D eigenvalue weighted by atomic mass is 9.81. The van der Waals surface area contributed by atoms with E-state index >= 15 is 0 Å². The number of anilines is 3. The summed E-state index contributed by atoms with van der Waals surface area (Å²) in [7, 11) is 0. The summed E-state index contributed by atoms with van der Waals surface area (Å²) < 4.78 is 0. The van der Waals surface area contributed by atoms with E-state index in [4.69, 9.17) is 0 Å². The lowest BCUT2D eigenvalue weighted by Crippen LogP contribution is -2.16. The largest absolute Gasteiger partial charge is 0.310 e. The van der Waals surface area contributed by atoms with E-state index in [-0.39, 0.29) is 10.8 Å². The lowest BCUT2D eigenvalue weighted by molar-refractivity contribution is 0.660. The molecule has 0 spiro atoms. The Morgan fingerprint density at radius 3 is 1.64 bits per heavy atom. The van der Waals surface area contributed by atoms with E-state index in [0.717, 1.165) is 11.4 Å². The topological polar surface area (TPSA) is 3.24 Å². The number of fused-ring (bicyclic) bond motifs is 7. The Hall–Kier alpha value is -6.18. The summed E-state index contributed by atoms with van der Waals surface area (Å²) in [5.41, 5.74) is 19.2. The molecular weight excluding hydrogens is 639 g/mol. The van der Waals surface area contributed by atoms with Crippen LogP contribution in [0.3, 0.4) is 0 Å². The maximum Gasteiger partial charge on any atom is 0.0540 e. The summed E-state index contributed by atoms with van der Waals surface area (Å²) >= 11 is 0. The molecule has 0 bridgehead atoms. The van der Waals surface area contributed by atoms with Crippen molar-refractivity contribution < 1.29 is 0 Å². The van der Waals surface area contributed by atoms with Crippen molar-refractivity contribution >= 4 is 27.8 Å². The quantitative estimate of drug-likeness (QED) is 0.175. The molecule has 1 heteroatoms. The minimum atomic E-state index is -0.103. The minimum absolute atomic E-state index is 0.0542. The average Bonchev–Trinajstić information content (AvgIpc) is 3.58. The van der Waals surface area contributed by atoms with Crippen LogP contribution in [0, 0.1) is 0 Å². The lowest BCUT2D eigenvalue weighted by Gasteiger charge is -2.30. The van der Waals surface area contributed by atoms with Crippen LogP contribution in [0.5, 0.6) is 0 Å². The van der Waals surface area contributed by atoms with Crippen molar-refractivity contribution in [2.75, 3.05) is 4.90 Å². The Balaban J connectivity index is 1.18. The Morgan fingerprint density at radius 2 is 0.868 bits per heavy atom. The molecule has 10 rings (SSSR count). The van der Waals surface area contributed by atoms with Crippen molar-refractivity contribution in [1.82, 2.24) is 0 Å². The zero-order valence-corrected chi connectivity index (χ0v) is 30.7. The molecule has 0 aliphatic heterocycles. The van der Waals surface area contributed by atoms with Gasteiger partial charge in [-0.15, -0.1) is 0 Å². The minimum Gasteiger partial charge on any atom is -0.310 e. The second-order valence-electron chi connectivity index (χ2n) is 15.7. The fraction of sp³-hybridized carbons (Fsp3) is 0.115. The standard InChI is InChI=1S/C52H41N/c1-51(2)46-23-13-11-20-44(46)50-43(21-14-24-47(50)51)39-31-32-49(42-19-9-8-17-38(39)42)53(36-27-25-35(26-28-36)34-15-6-5-7-16-34)37-29-30-41-40-18-10-12-22-45(40)52(3,4)48(41)33-37/h5-33H,1-4H3. The van der Waals surface area contributed by atoms with Gasteiger partial charge in [0.15, 0.2) is 0 Å². The third-order valence-electron chi connectivity index (χ3n) is 12.1. The van der Waals surface area contributed by atoms with Crippen LogP contribution in [0.2, 0.25) is 0 Å². The van der Waals surface area contributed by atoms with Gasteiger partial charge in [0.2, 0.25) is 0 Å². The zero-order valence-electron chi connectivity index (χ0n) is 30.7. The van der Waals surface area contributed by atoms with Crippen LogP contribution in [-0.2, 0) is 10.8 Å². The van der Waals surface area contributed by atoms with Gasteiger partial charge in [-0.05, 0) is 102 Å². The van der Waals surface area contributed by atoms with Gasteiger partial charge in [0.25, 0.3) is 0 Å². The molecule has 0 N–H and O–H groups in total. The van der Waals surface area contributed by atoms with Crippen molar-refractivity contribution in [2.45, 2.75) is 38.5 Å². The molecule has 1 nitrogen and oxygen atoms in total. The van der Waals surface area contributed by atoms with Gasteiger partial charge < -0.3 is 4.90 Å². The summed E-state index contributed by atoms with van der Waals surface area (Å²) in [4.78, 5) is 2.47. The maximum atomic E-state index is 2.47. The van der Waals surface area contributed by atoms with Gasteiger partial charge in [-0.3, -0.25) is 0 Å². The second-order valence-corrected chi connectivity index (χ2v) is 15.7. The molecule has 0 saturated carbocycles. The monoisotopic (exact) mass is 679 g/mol. The molecule has 0 radical (unpaired) electrons. The first-order chi connectivity index (χ1) is 25.8. The second kappa shape index (κ2) is 11.7. The number of nitrogens with zero attached hydrogens (tertiary/aromatic N) is 1. The van der Waals surface area contributed by atoms with E-state index in [1.165, 1.54) is 83.2 Å². The van der Waals surface area contributed by atoms with E-state index in [9.17, 15) is 0 Å². The van der Waals surface area contributed by atoms with Crippen LogP contribution < -0.4 is 4.90 Å². The van der Waals surface area contributed by atoms with Crippen LogP contribution >= 0.6 is 0 Å². The molecule has 2 aliphatic rings. The molecule has 0 heterocycles. The first-order valence-electron chi connectivity index (χ1n) is 18.8. The SMILES string of the molecule is CC1(C)c2ccccc2-c2ccc(N(c3ccc(-c4ccccc4)cc3)c3ccc(-c4cccc5c4-c4ccccc4C5(C)C)c4ccccc34)cc21. The first kappa shape index (κ1) is 31.5. The molecule has 0 amide bonds. The average molecular weight is 680 g/mol. The summed E-state index contributed by atoms with van der Waals surface area (Å²) in [6.07, 6.45) is 0. The molecule has 8 aromatic carbocycles. The normalized spacial score (nSPS) is 14.3. The molecule has 53 heavy (non-hydrogen) atoms. The number of hydrogen-bond donors (Lipinski definition) is 0. The highest BCUT2D eigenvalue weighted by Crippen LogP contribution is 2.54. The predicted octanol–water partition coefficient (Wildman–Crippen LogP) is 14.3. The van der Waals surface area contributed by atoms with Crippen molar-refractivity contribution in [1.29, 1.82) is 0 Å². The van der Waals surface area contributed by atoms with Gasteiger partial charge in [0.05, 0.1) is 5.69 Å². The van der Waals surface area contributed by atoms with Gasteiger partial charge in [-0.2, -0.15) is 0 Å². The molecule has 0 aromatic heterocycles. The van der Waals surface area contributed by atoms with E-state index in [1.54, 1.807) is 0 Å². The molecule has 0 atom stereocenters. The van der Waals surface area contributed by atoms with Crippen LogP contribution in [0.4, 0.5) is 17.1 Å². The molecule has 0 saturated heterocycles. The third kappa shape index (κ3) is 4.70. The smallest absolute Gasteiger partial charge is 0.0540 e. The fourth-order valence-corrected chi connectivity index (χ4v) is 9.38. The summed E-state index contributed by atoms with van der Waals surface area (Å²) in [5, 5.41) is 2.48. The number of rotatable bonds is 5.